The van der Waals surface area contributed by atoms with E-state index in [4.69, 9.17) is 9.47 Å². The van der Waals surface area contributed by atoms with E-state index in [2.05, 4.69) is 86.6 Å². The van der Waals surface area contributed by atoms with Crippen molar-refractivity contribution in [3.8, 4) is 28.0 Å². The zero-order valence-electron chi connectivity index (χ0n) is 28.7. The van der Waals surface area contributed by atoms with Crippen LogP contribution in [0, 0.1) is 0 Å². The third kappa shape index (κ3) is 14.3. The van der Waals surface area contributed by atoms with Crippen LogP contribution in [0.1, 0.15) is 148 Å². The van der Waals surface area contributed by atoms with E-state index < -0.39 is 0 Å². The summed E-state index contributed by atoms with van der Waals surface area (Å²) >= 11 is 0. The minimum Gasteiger partial charge on any atom is -0.494 e. The highest BCUT2D eigenvalue weighted by Gasteiger charge is 2.13. The Kier molecular flexibility index (Phi) is 18.1. The van der Waals surface area contributed by atoms with Crippen molar-refractivity contribution >= 4 is 5.97 Å². The highest BCUT2D eigenvalue weighted by atomic mass is 16.5. The molecule has 45 heavy (non-hydrogen) atoms. The molecule has 246 valence electrons. The van der Waals surface area contributed by atoms with E-state index in [0.717, 1.165) is 42.7 Å². The van der Waals surface area contributed by atoms with Crippen molar-refractivity contribution in [2.24, 2.45) is 0 Å². The summed E-state index contributed by atoms with van der Waals surface area (Å²) in [7, 11) is 0. The van der Waals surface area contributed by atoms with Crippen molar-refractivity contribution in [2.75, 3.05) is 6.61 Å². The van der Waals surface area contributed by atoms with Gasteiger partial charge in [-0.25, -0.2) is 0 Å². The van der Waals surface area contributed by atoms with E-state index in [9.17, 15) is 4.79 Å². The molecule has 0 aliphatic heterocycles. The topological polar surface area (TPSA) is 35.5 Å². The first-order valence-corrected chi connectivity index (χ1v) is 18.2. The minimum atomic E-state index is -0.250. The van der Waals surface area contributed by atoms with Crippen LogP contribution >= 0.6 is 0 Å². The quantitative estimate of drug-likeness (QED) is 0.0745. The molecule has 0 spiro atoms. The van der Waals surface area contributed by atoms with E-state index in [1.165, 1.54) is 107 Å². The smallest absolute Gasteiger partial charge is 0.306 e. The summed E-state index contributed by atoms with van der Waals surface area (Å²) in [5.74, 6) is 0.839. The lowest BCUT2D eigenvalue weighted by Gasteiger charge is -2.15. The molecule has 0 aliphatic rings. The van der Waals surface area contributed by atoms with Crippen molar-refractivity contribution in [3.63, 3.8) is 0 Å². The molecule has 0 radical (unpaired) electrons. The van der Waals surface area contributed by atoms with Crippen LogP contribution < -0.4 is 4.74 Å². The molecular formula is C42H60O3. The maximum Gasteiger partial charge on any atom is 0.306 e. The summed E-state index contributed by atoms with van der Waals surface area (Å²) in [6.45, 7) is 7.25. The molecule has 0 fully saturated rings. The summed E-state index contributed by atoms with van der Waals surface area (Å²) < 4.78 is 11.8. The number of carbonyl (C=O) groups excluding carboxylic acids is 1. The van der Waals surface area contributed by atoms with Gasteiger partial charge in [0.05, 0.1) is 6.61 Å². The van der Waals surface area contributed by atoms with Crippen molar-refractivity contribution < 1.29 is 14.3 Å². The Morgan fingerprint density at radius 2 is 1.00 bits per heavy atom. The molecule has 0 amide bonds. The van der Waals surface area contributed by atoms with E-state index >= 15 is 0 Å². The monoisotopic (exact) mass is 612 g/mol. The van der Waals surface area contributed by atoms with Gasteiger partial charge in [-0.1, -0.05) is 171 Å². The molecule has 0 heterocycles. The normalized spacial score (nSPS) is 11.8. The highest BCUT2D eigenvalue weighted by molar-refractivity contribution is 5.83. The SMILES string of the molecule is CCCCCCCCCCCCCOc1ccc(-c2ccccc2-c2ccc(C(C)OC(=O)CCCCCCCC)cc2)cc1. The molecule has 0 saturated heterocycles. The zero-order valence-corrected chi connectivity index (χ0v) is 28.7. The summed E-state index contributed by atoms with van der Waals surface area (Å²) in [5, 5.41) is 0. The summed E-state index contributed by atoms with van der Waals surface area (Å²) in [6.07, 6.45) is 22.0. The third-order valence-corrected chi connectivity index (χ3v) is 8.84. The molecule has 0 bridgehead atoms. The van der Waals surface area contributed by atoms with Crippen molar-refractivity contribution in [3.05, 3.63) is 78.4 Å². The number of benzene rings is 3. The summed E-state index contributed by atoms with van der Waals surface area (Å²) in [6, 6.07) is 25.5. The number of hydrogen-bond donors (Lipinski definition) is 0. The van der Waals surface area contributed by atoms with Gasteiger partial charge in [0.2, 0.25) is 0 Å². The Hall–Kier alpha value is -3.07. The lowest BCUT2D eigenvalue weighted by molar-refractivity contribution is -0.148. The van der Waals surface area contributed by atoms with Gasteiger partial charge in [0.25, 0.3) is 0 Å². The second-order valence-electron chi connectivity index (χ2n) is 12.7. The van der Waals surface area contributed by atoms with Crippen LogP contribution in [0.25, 0.3) is 22.3 Å². The molecule has 0 aromatic heterocycles. The average molecular weight is 613 g/mol. The van der Waals surface area contributed by atoms with Crippen LogP contribution in [0.4, 0.5) is 0 Å². The Morgan fingerprint density at radius 1 is 0.556 bits per heavy atom. The molecule has 3 aromatic carbocycles. The number of ether oxygens (including phenoxy) is 2. The predicted molar refractivity (Wildman–Crippen MR) is 192 cm³/mol. The Balaban J connectivity index is 1.42. The van der Waals surface area contributed by atoms with Gasteiger partial charge in [-0.2, -0.15) is 0 Å². The van der Waals surface area contributed by atoms with Gasteiger partial charge in [0.15, 0.2) is 0 Å². The lowest BCUT2D eigenvalue weighted by atomic mass is 9.93. The number of rotatable bonds is 24. The highest BCUT2D eigenvalue weighted by Crippen LogP contribution is 2.34. The molecule has 0 aliphatic carbocycles. The third-order valence-electron chi connectivity index (χ3n) is 8.84. The Bertz CT molecular complexity index is 1180. The second-order valence-corrected chi connectivity index (χ2v) is 12.7. The predicted octanol–water partition coefficient (Wildman–Crippen LogP) is 13.1. The molecule has 1 unspecified atom stereocenters. The number of esters is 1. The van der Waals surface area contributed by atoms with Gasteiger partial charge in [-0.3, -0.25) is 4.79 Å². The van der Waals surface area contributed by atoms with Crippen LogP contribution in [-0.4, -0.2) is 12.6 Å². The van der Waals surface area contributed by atoms with Gasteiger partial charge >= 0.3 is 5.97 Å². The second kappa shape index (κ2) is 22.4. The van der Waals surface area contributed by atoms with Gasteiger partial charge in [-0.15, -0.1) is 0 Å². The van der Waals surface area contributed by atoms with E-state index in [1.807, 2.05) is 6.92 Å². The van der Waals surface area contributed by atoms with E-state index in [-0.39, 0.29) is 12.1 Å². The molecule has 3 rings (SSSR count). The van der Waals surface area contributed by atoms with Crippen LogP contribution in [0.3, 0.4) is 0 Å². The largest absolute Gasteiger partial charge is 0.494 e. The Morgan fingerprint density at radius 3 is 1.51 bits per heavy atom. The maximum absolute atomic E-state index is 12.4. The van der Waals surface area contributed by atoms with Crippen molar-refractivity contribution in [2.45, 2.75) is 142 Å². The van der Waals surface area contributed by atoms with Crippen LogP contribution in [-0.2, 0) is 9.53 Å². The number of unbranched alkanes of at least 4 members (excludes halogenated alkanes) is 15. The molecule has 0 N–H and O–H groups in total. The molecule has 0 saturated carbocycles. The van der Waals surface area contributed by atoms with Gasteiger partial charge in [-0.05, 0) is 59.7 Å². The van der Waals surface area contributed by atoms with E-state index in [0.29, 0.717) is 6.42 Å². The summed E-state index contributed by atoms with van der Waals surface area (Å²) in [5.41, 5.74) is 5.73. The molecule has 1 atom stereocenters. The molecule has 3 aromatic rings. The molecule has 3 nitrogen and oxygen atoms in total. The van der Waals surface area contributed by atoms with Gasteiger partial charge < -0.3 is 9.47 Å². The first kappa shape index (κ1) is 36.4. The van der Waals surface area contributed by atoms with Gasteiger partial charge in [0, 0.05) is 6.42 Å². The van der Waals surface area contributed by atoms with Crippen LogP contribution in [0.5, 0.6) is 5.75 Å². The first-order valence-electron chi connectivity index (χ1n) is 18.2. The number of hydrogen-bond acceptors (Lipinski definition) is 3. The lowest BCUT2D eigenvalue weighted by Crippen LogP contribution is -2.08. The maximum atomic E-state index is 12.4. The zero-order chi connectivity index (χ0) is 32.0. The molecular weight excluding hydrogens is 552 g/mol. The van der Waals surface area contributed by atoms with E-state index in [1.54, 1.807) is 0 Å². The van der Waals surface area contributed by atoms with Gasteiger partial charge in [0.1, 0.15) is 11.9 Å². The standard InChI is InChI=1S/C42H60O3/c1-4-6-8-10-12-13-14-15-16-18-22-34-44-39-32-30-38(31-33-39)41-24-21-20-23-40(41)37-28-26-36(27-29-37)35(3)45-42(43)25-19-17-11-9-7-5-2/h20-21,23-24,26-33,35H,4-19,22,25,34H2,1-3H3. The fourth-order valence-corrected chi connectivity index (χ4v) is 5.98. The summed E-state index contributed by atoms with van der Waals surface area (Å²) in [4.78, 5) is 12.4. The number of carbonyl (C=O) groups is 1. The van der Waals surface area contributed by atoms with Crippen LogP contribution in [0.2, 0.25) is 0 Å². The minimum absolute atomic E-state index is 0.0985. The fourth-order valence-electron chi connectivity index (χ4n) is 5.98. The van der Waals surface area contributed by atoms with Crippen LogP contribution in [0.15, 0.2) is 72.8 Å². The fraction of sp³-hybridized carbons (Fsp3) is 0.548. The first-order chi connectivity index (χ1) is 22.1. The molecule has 3 heteroatoms. The van der Waals surface area contributed by atoms with Crippen molar-refractivity contribution in [1.29, 1.82) is 0 Å². The average Bonchev–Trinajstić information content (AvgIpc) is 3.07. The van der Waals surface area contributed by atoms with Crippen molar-refractivity contribution in [1.82, 2.24) is 0 Å². The Labute approximate surface area is 275 Å².